The molecule has 2 aliphatic heterocycles. The van der Waals surface area contributed by atoms with Crippen LogP contribution < -0.4 is 15.4 Å². The molecule has 1 amide bonds. The van der Waals surface area contributed by atoms with Crippen molar-refractivity contribution >= 4 is 28.2 Å². The van der Waals surface area contributed by atoms with Gasteiger partial charge in [-0.15, -0.1) is 12.4 Å². The summed E-state index contributed by atoms with van der Waals surface area (Å²) in [5.41, 5.74) is 0.0575. The van der Waals surface area contributed by atoms with Crippen LogP contribution in [0, 0.1) is 5.82 Å². The summed E-state index contributed by atoms with van der Waals surface area (Å²) >= 11 is 0. The lowest BCUT2D eigenvalue weighted by Gasteiger charge is -2.40. The molecule has 1 aromatic carbocycles. The van der Waals surface area contributed by atoms with E-state index in [0.717, 1.165) is 6.26 Å². The number of ether oxygens (including phenoxy) is 1. The highest BCUT2D eigenvalue weighted by atomic mass is 35.5. The second kappa shape index (κ2) is 7.56. The summed E-state index contributed by atoms with van der Waals surface area (Å²) in [5.74, 6) is -0.526. The highest BCUT2D eigenvalue weighted by molar-refractivity contribution is 7.92. The number of hydrogen-bond donors (Lipinski definition) is 2. The minimum atomic E-state index is -3.59. The van der Waals surface area contributed by atoms with Crippen LogP contribution in [0.2, 0.25) is 0 Å². The van der Waals surface area contributed by atoms with E-state index in [1.165, 1.54) is 12.1 Å². The Morgan fingerprint density at radius 2 is 1.93 bits per heavy atom. The number of sulfone groups is 1. The lowest BCUT2D eigenvalue weighted by molar-refractivity contribution is -0.125. The van der Waals surface area contributed by atoms with Gasteiger partial charge in [-0.25, -0.2) is 12.8 Å². The maximum atomic E-state index is 13.6. The highest BCUT2D eigenvalue weighted by Gasteiger charge is 2.49. The molecule has 0 radical (unpaired) electrons. The van der Waals surface area contributed by atoms with Crippen molar-refractivity contribution in [2.75, 3.05) is 19.3 Å². The maximum absolute atomic E-state index is 13.6. The van der Waals surface area contributed by atoms with Crippen LogP contribution in [0.1, 0.15) is 44.7 Å². The zero-order chi connectivity index (χ0) is 19.2. The fourth-order valence-corrected chi connectivity index (χ4v) is 5.18. The molecule has 2 aliphatic rings. The molecule has 1 aromatic rings. The number of rotatable bonds is 3. The van der Waals surface area contributed by atoms with Gasteiger partial charge in [-0.05, 0) is 45.8 Å². The van der Waals surface area contributed by atoms with Crippen molar-refractivity contribution in [2.45, 2.75) is 49.5 Å². The summed E-state index contributed by atoms with van der Waals surface area (Å²) in [7, 11) is -3.59. The molecular formula is C18H26ClFN2O4S. The largest absolute Gasteiger partial charge is 0.487 e. The van der Waals surface area contributed by atoms with Crippen molar-refractivity contribution in [1.29, 1.82) is 0 Å². The van der Waals surface area contributed by atoms with Crippen LogP contribution in [-0.2, 0) is 14.6 Å². The van der Waals surface area contributed by atoms with E-state index in [-0.39, 0.29) is 25.2 Å². The van der Waals surface area contributed by atoms with Crippen LogP contribution in [0.15, 0.2) is 18.2 Å². The van der Waals surface area contributed by atoms with Gasteiger partial charge in [-0.2, -0.15) is 0 Å². The Morgan fingerprint density at radius 3 is 2.52 bits per heavy atom. The van der Waals surface area contributed by atoms with Gasteiger partial charge in [-0.1, -0.05) is 6.07 Å². The first-order valence-electron chi connectivity index (χ1n) is 8.74. The van der Waals surface area contributed by atoms with Crippen molar-refractivity contribution in [3.8, 4) is 5.75 Å². The number of hydrogen-bond acceptors (Lipinski definition) is 5. The zero-order valence-electron chi connectivity index (χ0n) is 15.7. The molecule has 1 unspecified atom stereocenters. The minimum absolute atomic E-state index is 0. The van der Waals surface area contributed by atoms with Crippen LogP contribution in [0.4, 0.5) is 4.39 Å². The van der Waals surface area contributed by atoms with Gasteiger partial charge in [-0.3, -0.25) is 4.79 Å². The highest BCUT2D eigenvalue weighted by Crippen LogP contribution is 2.40. The van der Waals surface area contributed by atoms with E-state index in [0.29, 0.717) is 30.8 Å². The van der Waals surface area contributed by atoms with Crippen LogP contribution in [0.5, 0.6) is 5.75 Å². The first-order chi connectivity index (χ1) is 12.0. The van der Waals surface area contributed by atoms with Gasteiger partial charge >= 0.3 is 0 Å². The third-order valence-corrected chi connectivity index (χ3v) is 7.29. The first-order valence-corrected chi connectivity index (χ1v) is 10.6. The average Bonchev–Trinajstić information content (AvgIpc) is 2.52. The number of benzene rings is 1. The molecule has 0 spiro atoms. The molecule has 152 valence electrons. The summed E-state index contributed by atoms with van der Waals surface area (Å²) < 4.78 is 42.9. The number of piperidine rings is 1. The van der Waals surface area contributed by atoms with Gasteiger partial charge in [0, 0.05) is 24.3 Å². The molecule has 2 heterocycles. The van der Waals surface area contributed by atoms with E-state index in [4.69, 9.17) is 4.74 Å². The van der Waals surface area contributed by atoms with Crippen molar-refractivity contribution < 1.29 is 22.3 Å². The van der Waals surface area contributed by atoms with Gasteiger partial charge in [0.25, 0.3) is 0 Å². The third-order valence-electron chi connectivity index (χ3n) is 5.27. The summed E-state index contributed by atoms with van der Waals surface area (Å²) in [6, 6.07) is 3.76. The van der Waals surface area contributed by atoms with E-state index in [1.807, 2.05) is 13.8 Å². The number of carbonyl (C=O) groups excluding carboxylic acids is 1. The molecule has 0 aromatic heterocycles. The number of amides is 1. The topological polar surface area (TPSA) is 84.5 Å². The molecule has 9 heteroatoms. The van der Waals surface area contributed by atoms with Gasteiger partial charge in [0.15, 0.2) is 14.6 Å². The molecule has 1 fully saturated rings. The van der Waals surface area contributed by atoms with Crippen molar-refractivity contribution in [1.82, 2.24) is 10.6 Å². The van der Waals surface area contributed by atoms with Gasteiger partial charge < -0.3 is 15.4 Å². The van der Waals surface area contributed by atoms with E-state index < -0.39 is 38.0 Å². The lowest BCUT2D eigenvalue weighted by Crippen LogP contribution is -2.58. The zero-order valence-corrected chi connectivity index (χ0v) is 17.3. The fraction of sp³-hybridized carbons (Fsp3) is 0.611. The Bertz CT molecular complexity index is 823. The SMILES string of the molecule is CC1(C)CC(NC(=O)C2(S(C)(=O)=O)CCNCC2)c2ccc(F)cc2O1.Cl. The van der Waals surface area contributed by atoms with Gasteiger partial charge in [0.05, 0.1) is 6.04 Å². The minimum Gasteiger partial charge on any atom is -0.487 e. The van der Waals surface area contributed by atoms with E-state index in [1.54, 1.807) is 6.07 Å². The molecule has 0 aliphatic carbocycles. The van der Waals surface area contributed by atoms with Crippen LogP contribution in [-0.4, -0.2) is 44.0 Å². The standard InChI is InChI=1S/C18H25FN2O4S.ClH/c1-17(2)11-14(13-5-4-12(19)10-15(13)25-17)21-16(22)18(26(3,23)24)6-8-20-9-7-18;/h4-5,10,14,20H,6-9,11H2,1-3H3,(H,21,22);1H. The smallest absolute Gasteiger partial charge is 0.242 e. The molecule has 27 heavy (non-hydrogen) atoms. The average molecular weight is 421 g/mol. The predicted molar refractivity (Wildman–Crippen MR) is 104 cm³/mol. The molecule has 6 nitrogen and oxygen atoms in total. The van der Waals surface area contributed by atoms with Gasteiger partial charge in [0.1, 0.15) is 17.2 Å². The molecule has 0 bridgehead atoms. The van der Waals surface area contributed by atoms with E-state index >= 15 is 0 Å². The Morgan fingerprint density at radius 1 is 1.30 bits per heavy atom. The molecule has 2 N–H and O–H groups in total. The van der Waals surface area contributed by atoms with Gasteiger partial charge in [0.2, 0.25) is 5.91 Å². The Hall–Kier alpha value is -1.38. The normalized spacial score (nSPS) is 23.3. The quantitative estimate of drug-likeness (QED) is 0.782. The Kier molecular flexibility index (Phi) is 6.14. The number of nitrogens with one attached hydrogen (secondary N) is 2. The summed E-state index contributed by atoms with van der Waals surface area (Å²) in [4.78, 5) is 13.1. The summed E-state index contributed by atoms with van der Waals surface area (Å²) in [6.07, 6.45) is 2.06. The first kappa shape index (κ1) is 21.9. The lowest BCUT2D eigenvalue weighted by atomic mass is 9.88. The number of carbonyl (C=O) groups is 1. The summed E-state index contributed by atoms with van der Waals surface area (Å²) in [5, 5.41) is 6.02. The van der Waals surface area contributed by atoms with Crippen molar-refractivity contribution in [3.05, 3.63) is 29.6 Å². The molecule has 1 saturated heterocycles. The Balaban J connectivity index is 0.00000261. The molecule has 3 rings (SSSR count). The predicted octanol–water partition coefficient (Wildman–Crippen LogP) is 2.13. The van der Waals surface area contributed by atoms with Crippen molar-refractivity contribution in [2.24, 2.45) is 0 Å². The van der Waals surface area contributed by atoms with Crippen LogP contribution >= 0.6 is 12.4 Å². The van der Waals surface area contributed by atoms with Crippen LogP contribution in [0.3, 0.4) is 0 Å². The summed E-state index contributed by atoms with van der Waals surface area (Å²) in [6.45, 7) is 4.66. The van der Waals surface area contributed by atoms with Crippen LogP contribution in [0.25, 0.3) is 0 Å². The number of fused-ring (bicyclic) bond motifs is 1. The molecule has 1 atom stereocenters. The monoisotopic (exact) mass is 420 g/mol. The third kappa shape index (κ3) is 4.22. The van der Waals surface area contributed by atoms with E-state index in [9.17, 15) is 17.6 Å². The number of halogens is 2. The Labute approximate surface area is 165 Å². The maximum Gasteiger partial charge on any atom is 0.242 e. The van der Waals surface area contributed by atoms with E-state index in [2.05, 4.69) is 10.6 Å². The fourth-order valence-electron chi connectivity index (χ4n) is 3.84. The second-order valence-corrected chi connectivity index (χ2v) is 10.1. The second-order valence-electron chi connectivity index (χ2n) is 7.79. The molecular weight excluding hydrogens is 395 g/mol. The molecule has 0 saturated carbocycles. The van der Waals surface area contributed by atoms with Crippen molar-refractivity contribution in [3.63, 3.8) is 0 Å².